The Morgan fingerprint density at radius 1 is 1.42 bits per heavy atom. The number of nitrogens with one attached hydrogen (secondary N) is 1. The third-order valence-electron chi connectivity index (χ3n) is 3.49. The van der Waals surface area contributed by atoms with Crippen LogP contribution in [-0.4, -0.2) is 16.6 Å². The molecule has 3 rings (SSSR count). The molecule has 4 heteroatoms. The maximum absolute atomic E-state index is 11.9. The number of aryl methyl sites for hydroxylation is 1. The average Bonchev–Trinajstić information content (AvgIpc) is 2.46. The number of para-hydroxylation sites is 1. The number of aromatic amines is 1. The first-order valence-electron chi connectivity index (χ1n) is 6.63. The number of ether oxygens (including phenoxy) is 1. The van der Waals surface area contributed by atoms with E-state index in [4.69, 9.17) is 4.74 Å². The Morgan fingerprint density at radius 3 is 3.16 bits per heavy atom. The Hall–Kier alpha value is -2.10. The van der Waals surface area contributed by atoms with E-state index in [0.717, 1.165) is 36.5 Å². The molecule has 0 saturated heterocycles. The van der Waals surface area contributed by atoms with E-state index in [9.17, 15) is 4.79 Å². The van der Waals surface area contributed by atoms with Crippen molar-refractivity contribution in [2.45, 2.75) is 26.2 Å². The molecule has 1 aliphatic rings. The number of hydrogen-bond acceptors (Lipinski definition) is 3. The third-order valence-corrected chi connectivity index (χ3v) is 3.49. The fourth-order valence-corrected chi connectivity index (χ4v) is 2.56. The Kier molecular flexibility index (Phi) is 3.07. The minimum absolute atomic E-state index is 0.0686. The molecular formula is C15H16N2O2. The second-order valence-corrected chi connectivity index (χ2v) is 4.66. The second-order valence-electron chi connectivity index (χ2n) is 4.66. The summed E-state index contributed by atoms with van der Waals surface area (Å²) in [5.74, 6) is 0.890. The van der Waals surface area contributed by atoms with Crippen LogP contribution in [0.3, 0.4) is 0 Å². The number of hydrogen-bond donors (Lipinski definition) is 1. The summed E-state index contributed by atoms with van der Waals surface area (Å²) >= 11 is 0. The van der Waals surface area contributed by atoms with Gasteiger partial charge >= 0.3 is 0 Å². The third kappa shape index (κ3) is 2.03. The predicted molar refractivity (Wildman–Crippen MR) is 73.5 cm³/mol. The average molecular weight is 256 g/mol. The van der Waals surface area contributed by atoms with E-state index in [0.29, 0.717) is 12.0 Å². The van der Waals surface area contributed by atoms with Gasteiger partial charge in [-0.3, -0.25) is 4.79 Å². The Labute approximate surface area is 111 Å². The molecule has 0 saturated carbocycles. The summed E-state index contributed by atoms with van der Waals surface area (Å²) < 4.78 is 5.80. The van der Waals surface area contributed by atoms with Gasteiger partial charge in [-0.2, -0.15) is 0 Å². The molecule has 1 aromatic carbocycles. The first-order valence-corrected chi connectivity index (χ1v) is 6.63. The van der Waals surface area contributed by atoms with E-state index < -0.39 is 0 Å². The molecule has 0 aliphatic carbocycles. The van der Waals surface area contributed by atoms with Crippen LogP contribution in [0.5, 0.6) is 5.75 Å². The van der Waals surface area contributed by atoms with Crippen LogP contribution in [0.25, 0.3) is 11.3 Å². The van der Waals surface area contributed by atoms with Crippen LogP contribution < -0.4 is 10.3 Å². The van der Waals surface area contributed by atoms with Crippen molar-refractivity contribution in [2.24, 2.45) is 0 Å². The molecule has 2 aromatic rings. The van der Waals surface area contributed by atoms with E-state index in [1.165, 1.54) is 11.9 Å². The molecule has 0 spiro atoms. The van der Waals surface area contributed by atoms with E-state index in [-0.39, 0.29) is 5.56 Å². The molecule has 0 unspecified atom stereocenters. The molecule has 2 heterocycles. The van der Waals surface area contributed by atoms with Gasteiger partial charge < -0.3 is 9.72 Å². The molecule has 1 aromatic heterocycles. The molecule has 0 bridgehead atoms. The van der Waals surface area contributed by atoms with E-state index >= 15 is 0 Å². The summed E-state index contributed by atoms with van der Waals surface area (Å²) in [7, 11) is 0. The standard InChI is InChI=1S/C15H16N2O2/c1-2-11-13(16-9-17-15(11)18)12-7-3-5-10-6-4-8-19-14(10)12/h3,5,7,9H,2,4,6,8H2,1H3,(H,16,17,18). The second kappa shape index (κ2) is 4.88. The lowest BCUT2D eigenvalue weighted by Gasteiger charge is -2.20. The fraction of sp³-hybridized carbons (Fsp3) is 0.333. The highest BCUT2D eigenvalue weighted by molar-refractivity contribution is 5.71. The van der Waals surface area contributed by atoms with Crippen molar-refractivity contribution < 1.29 is 4.74 Å². The summed E-state index contributed by atoms with van der Waals surface area (Å²) in [5.41, 5.74) is 3.52. The molecule has 0 fully saturated rings. The quantitative estimate of drug-likeness (QED) is 0.897. The zero-order valence-electron chi connectivity index (χ0n) is 10.9. The van der Waals surface area contributed by atoms with Gasteiger partial charge in [0.25, 0.3) is 5.56 Å². The Balaban J connectivity index is 2.23. The monoisotopic (exact) mass is 256 g/mol. The first-order chi connectivity index (χ1) is 9.31. The van der Waals surface area contributed by atoms with Crippen molar-refractivity contribution in [2.75, 3.05) is 6.61 Å². The predicted octanol–water partition coefficient (Wildman–Crippen LogP) is 2.32. The maximum atomic E-state index is 11.9. The zero-order valence-corrected chi connectivity index (χ0v) is 10.9. The van der Waals surface area contributed by atoms with Crippen molar-refractivity contribution in [3.8, 4) is 17.0 Å². The van der Waals surface area contributed by atoms with Gasteiger partial charge in [0.2, 0.25) is 0 Å². The lowest BCUT2D eigenvalue weighted by Crippen LogP contribution is -2.15. The van der Waals surface area contributed by atoms with Crippen LogP contribution in [0.1, 0.15) is 24.5 Å². The first kappa shape index (κ1) is 12.0. The highest BCUT2D eigenvalue weighted by Crippen LogP contribution is 2.35. The number of rotatable bonds is 2. The lowest BCUT2D eigenvalue weighted by atomic mass is 9.98. The maximum Gasteiger partial charge on any atom is 0.254 e. The van der Waals surface area contributed by atoms with Gasteiger partial charge in [0.15, 0.2) is 0 Å². The lowest BCUT2D eigenvalue weighted by molar-refractivity contribution is 0.289. The van der Waals surface area contributed by atoms with Crippen molar-refractivity contribution >= 4 is 0 Å². The van der Waals surface area contributed by atoms with Gasteiger partial charge in [0.05, 0.1) is 18.6 Å². The molecule has 4 nitrogen and oxygen atoms in total. The van der Waals surface area contributed by atoms with Gasteiger partial charge in [0.1, 0.15) is 5.75 Å². The number of nitrogens with zero attached hydrogens (tertiary/aromatic N) is 1. The van der Waals surface area contributed by atoms with E-state index in [2.05, 4.69) is 16.0 Å². The smallest absolute Gasteiger partial charge is 0.254 e. The SMILES string of the molecule is CCc1c(-c2cccc3c2OCCC3)nc[nH]c1=O. The number of fused-ring (bicyclic) bond motifs is 1. The summed E-state index contributed by atoms with van der Waals surface area (Å²) in [6.45, 7) is 2.70. The molecule has 0 atom stereocenters. The summed E-state index contributed by atoms with van der Waals surface area (Å²) in [5, 5.41) is 0. The molecule has 98 valence electrons. The highest BCUT2D eigenvalue weighted by Gasteiger charge is 2.18. The van der Waals surface area contributed by atoms with Gasteiger partial charge in [-0.25, -0.2) is 4.98 Å². The molecule has 1 aliphatic heterocycles. The van der Waals surface area contributed by atoms with Crippen molar-refractivity contribution in [1.82, 2.24) is 9.97 Å². The van der Waals surface area contributed by atoms with Gasteiger partial charge in [-0.1, -0.05) is 19.1 Å². The summed E-state index contributed by atoms with van der Waals surface area (Å²) in [4.78, 5) is 18.9. The normalized spacial score (nSPS) is 13.7. The zero-order chi connectivity index (χ0) is 13.2. The van der Waals surface area contributed by atoms with E-state index in [1.807, 2.05) is 19.1 Å². The Morgan fingerprint density at radius 2 is 2.32 bits per heavy atom. The van der Waals surface area contributed by atoms with Crippen LogP contribution in [-0.2, 0) is 12.8 Å². The fourth-order valence-electron chi connectivity index (χ4n) is 2.56. The van der Waals surface area contributed by atoms with Crippen molar-refractivity contribution in [3.05, 3.63) is 46.0 Å². The molecule has 0 amide bonds. The largest absolute Gasteiger partial charge is 0.493 e. The summed E-state index contributed by atoms with van der Waals surface area (Å²) in [6, 6.07) is 6.06. The molecule has 0 radical (unpaired) electrons. The topological polar surface area (TPSA) is 55.0 Å². The van der Waals surface area contributed by atoms with Crippen LogP contribution in [0.4, 0.5) is 0 Å². The molecule has 1 N–H and O–H groups in total. The van der Waals surface area contributed by atoms with Crippen LogP contribution in [0.2, 0.25) is 0 Å². The number of aromatic nitrogens is 2. The van der Waals surface area contributed by atoms with Gasteiger partial charge in [-0.05, 0) is 30.9 Å². The Bertz CT molecular complexity index is 661. The molecular weight excluding hydrogens is 240 g/mol. The highest BCUT2D eigenvalue weighted by atomic mass is 16.5. The van der Waals surface area contributed by atoms with Crippen LogP contribution >= 0.6 is 0 Å². The van der Waals surface area contributed by atoms with Crippen molar-refractivity contribution in [1.29, 1.82) is 0 Å². The minimum atomic E-state index is -0.0686. The van der Waals surface area contributed by atoms with Gasteiger partial charge in [0, 0.05) is 11.1 Å². The molecule has 19 heavy (non-hydrogen) atoms. The minimum Gasteiger partial charge on any atom is -0.493 e. The van der Waals surface area contributed by atoms with Crippen molar-refractivity contribution in [3.63, 3.8) is 0 Å². The number of H-pyrrole nitrogens is 1. The van der Waals surface area contributed by atoms with Crippen LogP contribution in [0, 0.1) is 0 Å². The van der Waals surface area contributed by atoms with E-state index in [1.54, 1.807) is 0 Å². The number of benzene rings is 1. The van der Waals surface area contributed by atoms with Gasteiger partial charge in [-0.15, -0.1) is 0 Å². The van der Waals surface area contributed by atoms with Crippen LogP contribution in [0.15, 0.2) is 29.3 Å². The summed E-state index contributed by atoms with van der Waals surface area (Å²) in [6.07, 6.45) is 4.18.